The van der Waals surface area contributed by atoms with Crippen LogP contribution in [0.3, 0.4) is 0 Å². The Bertz CT molecular complexity index is 873. The lowest BCUT2D eigenvalue weighted by molar-refractivity contribution is -0.166. The molecule has 2 N–H and O–H groups in total. The maximum absolute atomic E-state index is 13.3. The van der Waals surface area contributed by atoms with Crippen LogP contribution in [0.4, 0.5) is 0 Å². The molecule has 0 radical (unpaired) electrons. The number of ether oxygens (including phenoxy) is 1. The van der Waals surface area contributed by atoms with Gasteiger partial charge in [0.1, 0.15) is 5.41 Å². The molecular weight excluding hydrogens is 328 g/mol. The lowest BCUT2D eigenvalue weighted by Gasteiger charge is -2.58. The summed E-state index contributed by atoms with van der Waals surface area (Å²) in [6, 6.07) is 8.31. The Balaban J connectivity index is 1.80. The minimum Gasteiger partial charge on any atom is -0.468 e. The summed E-state index contributed by atoms with van der Waals surface area (Å²) in [7, 11) is 1.49. The van der Waals surface area contributed by atoms with Gasteiger partial charge >= 0.3 is 5.97 Å². The second-order valence-electron chi connectivity index (χ2n) is 8.39. The number of esters is 1. The Kier molecular flexibility index (Phi) is 3.50. The van der Waals surface area contributed by atoms with Crippen molar-refractivity contribution in [1.29, 1.82) is 0 Å². The van der Waals surface area contributed by atoms with Crippen LogP contribution in [0.5, 0.6) is 0 Å². The molecular formula is C21H26N2O3. The lowest BCUT2D eigenvalue weighted by Crippen LogP contribution is -2.68. The number of aromatic nitrogens is 1. The van der Waals surface area contributed by atoms with Crippen molar-refractivity contribution in [3.05, 3.63) is 35.5 Å². The normalized spacial score (nSPS) is 36.4. The standard InChI is InChI=1S/C21H26N2O3/c1-12(24)16-9-13-10-21(20(25)26-2)18-15(7-8-23(11-13)19(16)21)14-5-3-4-6-17(14)22-18/h3-6,12-13,16,19,22,24H,7-11H2,1-2H3/t12-,13+,16+,19-,21+/m1/s1. The average molecular weight is 354 g/mol. The third kappa shape index (κ3) is 1.96. The number of para-hydroxylation sites is 1. The minimum atomic E-state index is -0.706. The van der Waals surface area contributed by atoms with Crippen molar-refractivity contribution in [3.8, 4) is 0 Å². The molecule has 4 heterocycles. The number of rotatable bonds is 2. The van der Waals surface area contributed by atoms with Crippen molar-refractivity contribution in [2.75, 3.05) is 20.2 Å². The van der Waals surface area contributed by atoms with Crippen molar-refractivity contribution >= 4 is 16.9 Å². The van der Waals surface area contributed by atoms with Crippen molar-refractivity contribution in [2.45, 2.75) is 43.7 Å². The number of benzene rings is 1. The molecule has 6 atom stereocenters. The van der Waals surface area contributed by atoms with Crippen LogP contribution < -0.4 is 0 Å². The summed E-state index contributed by atoms with van der Waals surface area (Å²) in [5.74, 6) is 0.354. The van der Waals surface area contributed by atoms with Crippen molar-refractivity contribution in [3.63, 3.8) is 0 Å². The molecule has 0 unspecified atom stereocenters. The van der Waals surface area contributed by atoms with E-state index >= 15 is 0 Å². The maximum atomic E-state index is 13.3. The highest BCUT2D eigenvalue weighted by Gasteiger charge is 2.63. The maximum Gasteiger partial charge on any atom is 0.319 e. The number of fused-ring (bicyclic) bond motifs is 4. The molecule has 2 saturated heterocycles. The highest BCUT2D eigenvalue weighted by atomic mass is 16.5. The number of piperidine rings is 2. The number of nitrogens with one attached hydrogen (secondary N) is 1. The zero-order chi connectivity index (χ0) is 18.1. The van der Waals surface area contributed by atoms with E-state index in [1.54, 1.807) is 0 Å². The molecule has 1 aromatic heterocycles. The molecule has 138 valence electrons. The van der Waals surface area contributed by atoms with Gasteiger partial charge in [0.15, 0.2) is 0 Å². The fourth-order valence-electron chi connectivity index (χ4n) is 6.23. The summed E-state index contributed by atoms with van der Waals surface area (Å²) in [5.41, 5.74) is 2.67. The van der Waals surface area contributed by atoms with Crippen LogP contribution >= 0.6 is 0 Å². The Morgan fingerprint density at radius 1 is 1.42 bits per heavy atom. The SMILES string of the molecule is COC(=O)[C@]12C[C@@H]3C[C@@H]([C@@H](C)O)[C@H]1[N@](CCc1c2[nH]c2ccccc12)C3. The molecule has 1 saturated carbocycles. The van der Waals surface area contributed by atoms with Gasteiger partial charge in [-0.25, -0.2) is 0 Å². The molecule has 0 spiro atoms. The van der Waals surface area contributed by atoms with E-state index in [0.29, 0.717) is 5.92 Å². The quantitative estimate of drug-likeness (QED) is 0.812. The predicted octanol–water partition coefficient (Wildman–Crippen LogP) is 2.23. The molecule has 2 aromatic rings. The van der Waals surface area contributed by atoms with E-state index in [2.05, 4.69) is 28.1 Å². The fourth-order valence-corrected chi connectivity index (χ4v) is 6.23. The molecule has 6 rings (SSSR count). The number of aliphatic hydroxyl groups is 1. The number of aliphatic hydroxyl groups excluding tert-OH is 1. The van der Waals surface area contributed by atoms with Gasteiger partial charge in [-0.15, -0.1) is 0 Å². The van der Waals surface area contributed by atoms with Crippen LogP contribution in [-0.2, 0) is 21.4 Å². The van der Waals surface area contributed by atoms with Gasteiger partial charge in [-0.05, 0) is 43.7 Å². The van der Waals surface area contributed by atoms with Gasteiger partial charge in [0, 0.05) is 41.6 Å². The predicted molar refractivity (Wildman–Crippen MR) is 99.0 cm³/mol. The highest BCUT2D eigenvalue weighted by Crippen LogP contribution is 2.55. The van der Waals surface area contributed by atoms with E-state index in [0.717, 1.165) is 43.6 Å². The third-order valence-electron chi connectivity index (χ3n) is 7.09. The van der Waals surface area contributed by atoms with Crippen LogP contribution in [-0.4, -0.2) is 53.3 Å². The summed E-state index contributed by atoms with van der Waals surface area (Å²) in [6.07, 6.45) is 2.30. The minimum absolute atomic E-state index is 0.00531. The average Bonchev–Trinajstić information content (AvgIpc) is 3.00. The third-order valence-corrected chi connectivity index (χ3v) is 7.09. The largest absolute Gasteiger partial charge is 0.468 e. The molecule has 4 aliphatic rings. The number of H-pyrrole nitrogens is 1. The summed E-state index contributed by atoms with van der Waals surface area (Å²) in [5, 5.41) is 11.7. The second-order valence-corrected chi connectivity index (χ2v) is 8.39. The van der Waals surface area contributed by atoms with Crippen LogP contribution in [0.15, 0.2) is 24.3 Å². The van der Waals surface area contributed by atoms with Gasteiger partial charge < -0.3 is 14.8 Å². The van der Waals surface area contributed by atoms with E-state index in [4.69, 9.17) is 4.74 Å². The fraction of sp³-hybridized carbons (Fsp3) is 0.571. The van der Waals surface area contributed by atoms with Crippen molar-refractivity contribution in [2.24, 2.45) is 11.8 Å². The highest BCUT2D eigenvalue weighted by molar-refractivity contribution is 5.91. The zero-order valence-electron chi connectivity index (χ0n) is 15.4. The van der Waals surface area contributed by atoms with E-state index in [1.165, 1.54) is 18.1 Å². The van der Waals surface area contributed by atoms with Gasteiger partial charge in [-0.3, -0.25) is 9.69 Å². The van der Waals surface area contributed by atoms with Gasteiger partial charge in [0.2, 0.25) is 0 Å². The first kappa shape index (κ1) is 16.3. The van der Waals surface area contributed by atoms with E-state index in [9.17, 15) is 9.90 Å². The monoisotopic (exact) mass is 354 g/mol. The van der Waals surface area contributed by atoms with Gasteiger partial charge in [0.25, 0.3) is 0 Å². The molecule has 1 aliphatic carbocycles. The van der Waals surface area contributed by atoms with Gasteiger partial charge in [0.05, 0.1) is 13.2 Å². The Hall–Kier alpha value is -1.85. The molecule has 0 amide bonds. The topological polar surface area (TPSA) is 65.6 Å². The summed E-state index contributed by atoms with van der Waals surface area (Å²) in [6.45, 7) is 3.82. The number of aromatic amines is 1. The van der Waals surface area contributed by atoms with E-state index in [-0.39, 0.29) is 17.9 Å². The summed E-state index contributed by atoms with van der Waals surface area (Å²) < 4.78 is 5.39. The first-order valence-corrected chi connectivity index (χ1v) is 9.67. The molecule has 4 bridgehead atoms. The van der Waals surface area contributed by atoms with Crippen LogP contribution in [0, 0.1) is 11.8 Å². The number of nitrogens with zero attached hydrogens (tertiary/aromatic N) is 1. The molecule has 5 nitrogen and oxygen atoms in total. The zero-order valence-corrected chi connectivity index (χ0v) is 15.4. The van der Waals surface area contributed by atoms with Crippen LogP contribution in [0.1, 0.15) is 31.0 Å². The molecule has 5 heteroatoms. The number of methoxy groups -OCH3 is 1. The number of carbonyl (C=O) groups is 1. The van der Waals surface area contributed by atoms with Gasteiger partial charge in [-0.1, -0.05) is 18.2 Å². The van der Waals surface area contributed by atoms with Crippen molar-refractivity contribution < 1.29 is 14.6 Å². The summed E-state index contributed by atoms with van der Waals surface area (Å²) in [4.78, 5) is 19.4. The molecule has 1 aromatic carbocycles. The van der Waals surface area contributed by atoms with Crippen molar-refractivity contribution in [1.82, 2.24) is 9.88 Å². The first-order valence-electron chi connectivity index (χ1n) is 9.67. The Morgan fingerprint density at radius 2 is 2.23 bits per heavy atom. The second kappa shape index (κ2) is 5.57. The number of carbonyl (C=O) groups excluding carboxylic acids is 1. The lowest BCUT2D eigenvalue weighted by atomic mass is 9.56. The number of hydrogen-bond donors (Lipinski definition) is 2. The smallest absolute Gasteiger partial charge is 0.319 e. The van der Waals surface area contributed by atoms with Crippen LogP contribution in [0.2, 0.25) is 0 Å². The first-order chi connectivity index (χ1) is 12.6. The summed E-state index contributed by atoms with van der Waals surface area (Å²) >= 11 is 0. The van der Waals surface area contributed by atoms with Crippen LogP contribution in [0.25, 0.3) is 10.9 Å². The number of hydrogen-bond acceptors (Lipinski definition) is 4. The molecule has 3 fully saturated rings. The van der Waals surface area contributed by atoms with Gasteiger partial charge in [-0.2, -0.15) is 0 Å². The van der Waals surface area contributed by atoms with E-state index in [1.807, 2.05) is 13.0 Å². The Labute approximate surface area is 153 Å². The Morgan fingerprint density at radius 3 is 3.00 bits per heavy atom. The molecule has 26 heavy (non-hydrogen) atoms. The van der Waals surface area contributed by atoms with E-state index < -0.39 is 11.5 Å². The molecule has 3 aliphatic heterocycles.